The maximum atomic E-state index is 11.8. The third-order valence-electron chi connectivity index (χ3n) is 3.10. The molecule has 2 N–H and O–H groups in total. The summed E-state index contributed by atoms with van der Waals surface area (Å²) in [5.41, 5.74) is 7.67. The third kappa shape index (κ3) is 1.93. The van der Waals surface area contributed by atoms with E-state index in [1.807, 2.05) is 18.2 Å². The lowest BCUT2D eigenvalue weighted by Gasteiger charge is -2.31. The van der Waals surface area contributed by atoms with Gasteiger partial charge in [0.15, 0.2) is 0 Å². The van der Waals surface area contributed by atoms with Crippen LogP contribution in [0.4, 0.5) is 5.69 Å². The van der Waals surface area contributed by atoms with E-state index in [0.717, 1.165) is 12.1 Å². The van der Waals surface area contributed by atoms with Crippen LogP contribution in [0, 0.1) is 0 Å². The highest BCUT2D eigenvalue weighted by Gasteiger charge is 2.28. The lowest BCUT2D eigenvalue weighted by atomic mass is 9.87. The minimum Gasteiger partial charge on any atom is -0.330 e. The van der Waals surface area contributed by atoms with Gasteiger partial charge >= 0.3 is 0 Å². The molecule has 1 aromatic carbocycles. The summed E-state index contributed by atoms with van der Waals surface area (Å²) in [6, 6.07) is 5.71. The Labute approximate surface area is 100 Å². The van der Waals surface area contributed by atoms with Gasteiger partial charge in [0.2, 0.25) is 5.91 Å². The standard InChI is InChI=1S/C12H15ClN2O/c1-15-11-7-9(13)2-3-10(11)8(4-5-14)6-12(15)16/h2-3,7-8H,4-6,14H2,1H3. The molecule has 0 bridgehead atoms. The van der Waals surface area contributed by atoms with E-state index in [-0.39, 0.29) is 11.8 Å². The summed E-state index contributed by atoms with van der Waals surface area (Å²) in [7, 11) is 1.79. The normalized spacial score (nSPS) is 19.8. The number of hydrogen-bond donors (Lipinski definition) is 1. The number of amides is 1. The molecule has 86 valence electrons. The molecule has 1 heterocycles. The van der Waals surface area contributed by atoms with Crippen LogP contribution in [-0.4, -0.2) is 19.5 Å². The highest BCUT2D eigenvalue weighted by atomic mass is 35.5. The molecule has 0 aliphatic carbocycles. The first-order valence-corrected chi connectivity index (χ1v) is 5.77. The number of anilines is 1. The Bertz CT molecular complexity index is 419. The Balaban J connectivity index is 2.45. The monoisotopic (exact) mass is 238 g/mol. The molecular weight excluding hydrogens is 224 g/mol. The smallest absolute Gasteiger partial charge is 0.227 e. The number of fused-ring (bicyclic) bond motifs is 1. The van der Waals surface area contributed by atoms with E-state index in [1.165, 1.54) is 5.56 Å². The first kappa shape index (κ1) is 11.4. The van der Waals surface area contributed by atoms with Crippen molar-refractivity contribution >= 4 is 23.2 Å². The van der Waals surface area contributed by atoms with Crippen LogP contribution in [0.2, 0.25) is 5.02 Å². The molecule has 0 radical (unpaired) electrons. The molecule has 2 rings (SSSR count). The zero-order chi connectivity index (χ0) is 11.7. The first-order valence-electron chi connectivity index (χ1n) is 5.39. The van der Waals surface area contributed by atoms with Gasteiger partial charge in [-0.15, -0.1) is 0 Å². The molecule has 3 nitrogen and oxygen atoms in total. The van der Waals surface area contributed by atoms with Gasteiger partial charge in [-0.3, -0.25) is 4.79 Å². The zero-order valence-electron chi connectivity index (χ0n) is 9.24. The van der Waals surface area contributed by atoms with Crippen LogP contribution < -0.4 is 10.6 Å². The molecule has 0 fully saturated rings. The van der Waals surface area contributed by atoms with Crippen molar-refractivity contribution in [3.8, 4) is 0 Å². The molecule has 4 heteroatoms. The topological polar surface area (TPSA) is 46.3 Å². The predicted octanol–water partition coefficient (Wildman–Crippen LogP) is 2.14. The van der Waals surface area contributed by atoms with Gasteiger partial charge in [0, 0.05) is 24.2 Å². The number of nitrogens with zero attached hydrogens (tertiary/aromatic N) is 1. The quantitative estimate of drug-likeness (QED) is 0.858. The van der Waals surface area contributed by atoms with Crippen molar-refractivity contribution < 1.29 is 4.79 Å². The highest BCUT2D eigenvalue weighted by molar-refractivity contribution is 6.31. The molecular formula is C12H15ClN2O. The second-order valence-corrected chi connectivity index (χ2v) is 4.57. The fourth-order valence-corrected chi connectivity index (χ4v) is 2.37. The lowest BCUT2D eigenvalue weighted by molar-refractivity contribution is -0.119. The van der Waals surface area contributed by atoms with Crippen LogP contribution in [-0.2, 0) is 4.79 Å². The molecule has 1 atom stereocenters. The van der Waals surface area contributed by atoms with Crippen LogP contribution in [0.5, 0.6) is 0 Å². The second-order valence-electron chi connectivity index (χ2n) is 4.13. The van der Waals surface area contributed by atoms with E-state index in [9.17, 15) is 4.79 Å². The Kier molecular flexibility index (Phi) is 3.17. The van der Waals surface area contributed by atoms with Crippen LogP contribution in [0.15, 0.2) is 18.2 Å². The summed E-state index contributed by atoms with van der Waals surface area (Å²) in [5, 5.41) is 0.659. The van der Waals surface area contributed by atoms with E-state index in [0.29, 0.717) is 18.0 Å². The molecule has 1 aliphatic heterocycles. The molecule has 1 unspecified atom stereocenters. The van der Waals surface area contributed by atoms with Crippen molar-refractivity contribution in [2.45, 2.75) is 18.8 Å². The van der Waals surface area contributed by atoms with Crippen LogP contribution in [0.3, 0.4) is 0 Å². The van der Waals surface area contributed by atoms with Gasteiger partial charge in [0.25, 0.3) is 0 Å². The van der Waals surface area contributed by atoms with E-state index >= 15 is 0 Å². The Morgan fingerprint density at radius 1 is 1.56 bits per heavy atom. The lowest BCUT2D eigenvalue weighted by Crippen LogP contribution is -2.33. The zero-order valence-corrected chi connectivity index (χ0v) is 10.00. The fourth-order valence-electron chi connectivity index (χ4n) is 2.20. The van der Waals surface area contributed by atoms with Crippen LogP contribution >= 0.6 is 11.6 Å². The SMILES string of the molecule is CN1C(=O)CC(CCN)c2ccc(Cl)cc21. The molecule has 16 heavy (non-hydrogen) atoms. The Morgan fingerprint density at radius 3 is 3.00 bits per heavy atom. The second kappa shape index (κ2) is 4.44. The summed E-state index contributed by atoms with van der Waals surface area (Å²) in [4.78, 5) is 13.5. The number of hydrogen-bond acceptors (Lipinski definition) is 2. The van der Waals surface area contributed by atoms with E-state index in [1.54, 1.807) is 11.9 Å². The van der Waals surface area contributed by atoms with Gasteiger partial charge in [-0.1, -0.05) is 17.7 Å². The summed E-state index contributed by atoms with van der Waals surface area (Å²) in [6.45, 7) is 0.601. The molecule has 1 aromatic rings. The molecule has 1 aliphatic rings. The van der Waals surface area contributed by atoms with Gasteiger partial charge in [-0.05, 0) is 36.6 Å². The summed E-state index contributed by atoms with van der Waals surface area (Å²) in [5.74, 6) is 0.370. The fraction of sp³-hybridized carbons (Fsp3) is 0.417. The summed E-state index contributed by atoms with van der Waals surface area (Å²) in [6.07, 6.45) is 1.39. The maximum absolute atomic E-state index is 11.8. The minimum atomic E-state index is 0.133. The average Bonchev–Trinajstić information content (AvgIpc) is 2.26. The van der Waals surface area contributed by atoms with E-state index in [2.05, 4.69) is 0 Å². The van der Waals surface area contributed by atoms with Gasteiger partial charge < -0.3 is 10.6 Å². The van der Waals surface area contributed by atoms with Crippen LogP contribution in [0.1, 0.15) is 24.3 Å². The molecule has 0 saturated heterocycles. The van der Waals surface area contributed by atoms with Crippen molar-refractivity contribution in [3.05, 3.63) is 28.8 Å². The number of carbonyl (C=O) groups is 1. The highest BCUT2D eigenvalue weighted by Crippen LogP contribution is 2.38. The Hall–Kier alpha value is -1.06. The van der Waals surface area contributed by atoms with Crippen molar-refractivity contribution in [1.29, 1.82) is 0 Å². The number of carbonyl (C=O) groups excluding carboxylic acids is 1. The molecule has 0 aromatic heterocycles. The van der Waals surface area contributed by atoms with Crippen LogP contribution in [0.25, 0.3) is 0 Å². The first-order chi connectivity index (χ1) is 7.63. The Morgan fingerprint density at radius 2 is 2.31 bits per heavy atom. The molecule has 0 spiro atoms. The minimum absolute atomic E-state index is 0.133. The van der Waals surface area contributed by atoms with Gasteiger partial charge in [0.05, 0.1) is 0 Å². The number of nitrogens with two attached hydrogens (primary N) is 1. The number of rotatable bonds is 2. The molecule has 0 saturated carbocycles. The van der Waals surface area contributed by atoms with Gasteiger partial charge in [-0.25, -0.2) is 0 Å². The summed E-state index contributed by atoms with van der Waals surface area (Å²) >= 11 is 5.95. The number of halogens is 1. The largest absolute Gasteiger partial charge is 0.330 e. The average molecular weight is 239 g/mol. The predicted molar refractivity (Wildman–Crippen MR) is 65.9 cm³/mol. The van der Waals surface area contributed by atoms with Crippen molar-refractivity contribution in [1.82, 2.24) is 0 Å². The van der Waals surface area contributed by atoms with Crippen molar-refractivity contribution in [2.75, 3.05) is 18.5 Å². The van der Waals surface area contributed by atoms with E-state index < -0.39 is 0 Å². The maximum Gasteiger partial charge on any atom is 0.227 e. The van der Waals surface area contributed by atoms with Crippen molar-refractivity contribution in [3.63, 3.8) is 0 Å². The summed E-state index contributed by atoms with van der Waals surface area (Å²) < 4.78 is 0. The molecule has 1 amide bonds. The van der Waals surface area contributed by atoms with Gasteiger partial charge in [0.1, 0.15) is 0 Å². The van der Waals surface area contributed by atoms with Gasteiger partial charge in [-0.2, -0.15) is 0 Å². The van der Waals surface area contributed by atoms with Crippen molar-refractivity contribution in [2.24, 2.45) is 5.73 Å². The number of benzene rings is 1. The third-order valence-corrected chi connectivity index (χ3v) is 3.34. The van der Waals surface area contributed by atoms with E-state index in [4.69, 9.17) is 17.3 Å².